The molecule has 1 saturated carbocycles. The number of hydrogen-bond acceptors (Lipinski definition) is 2. The van der Waals surface area contributed by atoms with E-state index in [0.717, 1.165) is 18.7 Å². The standard InChI is InChI=1S/C17H24N2O/c1-13(20)19-11-10-14-12-16(8-9-17(14)19)18-15-6-4-2-3-5-7-15/h8-9,12,15,18H,2-7,10-11H2,1H3. The van der Waals surface area contributed by atoms with Gasteiger partial charge in [-0.3, -0.25) is 4.79 Å². The van der Waals surface area contributed by atoms with Crippen molar-refractivity contribution in [3.8, 4) is 0 Å². The van der Waals surface area contributed by atoms with E-state index in [2.05, 4.69) is 23.5 Å². The molecule has 0 unspecified atom stereocenters. The lowest BCUT2D eigenvalue weighted by molar-refractivity contribution is -0.116. The number of fused-ring (bicyclic) bond motifs is 1. The summed E-state index contributed by atoms with van der Waals surface area (Å²) in [5.74, 6) is 0.147. The van der Waals surface area contributed by atoms with Gasteiger partial charge in [-0.05, 0) is 43.0 Å². The fourth-order valence-electron chi connectivity index (χ4n) is 3.48. The molecule has 1 aliphatic heterocycles. The molecule has 0 atom stereocenters. The second kappa shape index (κ2) is 5.86. The van der Waals surface area contributed by atoms with Crippen molar-refractivity contribution in [2.45, 2.75) is 57.9 Å². The molecule has 3 rings (SSSR count). The van der Waals surface area contributed by atoms with Crippen LogP contribution in [0.1, 0.15) is 51.0 Å². The van der Waals surface area contributed by atoms with Crippen LogP contribution in [0.4, 0.5) is 11.4 Å². The highest BCUT2D eigenvalue weighted by Crippen LogP contribution is 2.31. The zero-order valence-corrected chi connectivity index (χ0v) is 12.3. The second-order valence-electron chi connectivity index (χ2n) is 6.10. The average molecular weight is 272 g/mol. The fraction of sp³-hybridized carbons (Fsp3) is 0.588. The number of rotatable bonds is 2. The van der Waals surface area contributed by atoms with Gasteiger partial charge in [-0.25, -0.2) is 0 Å². The summed E-state index contributed by atoms with van der Waals surface area (Å²) in [5, 5.41) is 3.69. The molecule has 1 aliphatic carbocycles. The summed E-state index contributed by atoms with van der Waals surface area (Å²) < 4.78 is 0. The van der Waals surface area contributed by atoms with Crippen molar-refractivity contribution in [3.63, 3.8) is 0 Å². The first-order valence-corrected chi connectivity index (χ1v) is 7.91. The molecule has 1 aromatic carbocycles. The first kappa shape index (κ1) is 13.5. The van der Waals surface area contributed by atoms with Gasteiger partial charge in [0.05, 0.1) is 0 Å². The van der Waals surface area contributed by atoms with Crippen LogP contribution in [0.25, 0.3) is 0 Å². The zero-order chi connectivity index (χ0) is 13.9. The number of carbonyl (C=O) groups excluding carboxylic acids is 1. The van der Waals surface area contributed by atoms with E-state index in [1.165, 1.54) is 49.8 Å². The quantitative estimate of drug-likeness (QED) is 0.832. The molecule has 1 N–H and O–H groups in total. The van der Waals surface area contributed by atoms with Crippen LogP contribution in [0.3, 0.4) is 0 Å². The highest BCUT2D eigenvalue weighted by molar-refractivity contribution is 5.94. The van der Waals surface area contributed by atoms with Crippen LogP contribution in [0, 0.1) is 0 Å². The first-order valence-electron chi connectivity index (χ1n) is 7.91. The predicted octanol–water partition coefficient (Wildman–Crippen LogP) is 3.73. The molecular weight excluding hydrogens is 248 g/mol. The van der Waals surface area contributed by atoms with Crippen molar-refractivity contribution in [1.82, 2.24) is 0 Å². The molecular formula is C17H24N2O. The third-order valence-electron chi connectivity index (χ3n) is 4.58. The molecule has 20 heavy (non-hydrogen) atoms. The maximum atomic E-state index is 11.6. The summed E-state index contributed by atoms with van der Waals surface area (Å²) >= 11 is 0. The molecule has 1 heterocycles. The van der Waals surface area contributed by atoms with Crippen molar-refractivity contribution in [2.75, 3.05) is 16.8 Å². The van der Waals surface area contributed by atoms with Gasteiger partial charge in [0, 0.05) is 30.9 Å². The van der Waals surface area contributed by atoms with Crippen LogP contribution in [0.5, 0.6) is 0 Å². The lowest BCUT2D eigenvalue weighted by atomic mass is 10.1. The van der Waals surface area contributed by atoms with Crippen molar-refractivity contribution in [3.05, 3.63) is 23.8 Å². The predicted molar refractivity (Wildman–Crippen MR) is 83.3 cm³/mol. The van der Waals surface area contributed by atoms with E-state index in [0.29, 0.717) is 6.04 Å². The van der Waals surface area contributed by atoms with Gasteiger partial charge < -0.3 is 10.2 Å². The third-order valence-corrected chi connectivity index (χ3v) is 4.58. The smallest absolute Gasteiger partial charge is 0.223 e. The second-order valence-corrected chi connectivity index (χ2v) is 6.10. The minimum absolute atomic E-state index is 0.147. The monoisotopic (exact) mass is 272 g/mol. The largest absolute Gasteiger partial charge is 0.382 e. The Morgan fingerprint density at radius 1 is 1.20 bits per heavy atom. The minimum Gasteiger partial charge on any atom is -0.382 e. The van der Waals surface area contributed by atoms with Gasteiger partial charge in [0.25, 0.3) is 0 Å². The van der Waals surface area contributed by atoms with Crippen molar-refractivity contribution in [2.24, 2.45) is 0 Å². The zero-order valence-electron chi connectivity index (χ0n) is 12.3. The fourth-order valence-corrected chi connectivity index (χ4v) is 3.48. The summed E-state index contributed by atoms with van der Waals surface area (Å²) in [6.07, 6.45) is 9.02. The Bertz CT molecular complexity index is 490. The van der Waals surface area contributed by atoms with Crippen LogP contribution in [0.15, 0.2) is 18.2 Å². The number of anilines is 2. The van der Waals surface area contributed by atoms with Crippen molar-refractivity contribution < 1.29 is 4.79 Å². The third kappa shape index (κ3) is 2.82. The molecule has 0 radical (unpaired) electrons. The van der Waals surface area contributed by atoms with E-state index < -0.39 is 0 Å². The van der Waals surface area contributed by atoms with Gasteiger partial charge in [-0.2, -0.15) is 0 Å². The Kier molecular flexibility index (Phi) is 3.95. The van der Waals surface area contributed by atoms with Gasteiger partial charge in [0.2, 0.25) is 5.91 Å². The van der Waals surface area contributed by atoms with Gasteiger partial charge in [0.15, 0.2) is 0 Å². The van der Waals surface area contributed by atoms with Gasteiger partial charge >= 0.3 is 0 Å². The van der Waals surface area contributed by atoms with Crippen molar-refractivity contribution in [1.29, 1.82) is 0 Å². The van der Waals surface area contributed by atoms with E-state index in [1.54, 1.807) is 6.92 Å². The van der Waals surface area contributed by atoms with Gasteiger partial charge in [-0.15, -0.1) is 0 Å². The number of amides is 1. The van der Waals surface area contributed by atoms with Crippen LogP contribution in [0.2, 0.25) is 0 Å². The highest BCUT2D eigenvalue weighted by Gasteiger charge is 2.22. The van der Waals surface area contributed by atoms with Gasteiger partial charge in [-0.1, -0.05) is 25.7 Å². The van der Waals surface area contributed by atoms with Crippen LogP contribution >= 0.6 is 0 Å². The molecule has 108 valence electrons. The number of hydrogen-bond donors (Lipinski definition) is 1. The summed E-state index contributed by atoms with van der Waals surface area (Å²) in [6.45, 7) is 2.48. The van der Waals surface area contributed by atoms with Crippen LogP contribution in [-0.4, -0.2) is 18.5 Å². The molecule has 0 bridgehead atoms. The van der Waals surface area contributed by atoms with Crippen LogP contribution < -0.4 is 10.2 Å². The SMILES string of the molecule is CC(=O)N1CCc2cc(NC3CCCCCC3)ccc21. The van der Waals surface area contributed by atoms with E-state index in [9.17, 15) is 4.79 Å². The Labute approximate surface area is 121 Å². The summed E-state index contributed by atoms with van der Waals surface area (Å²) in [6, 6.07) is 7.09. The molecule has 0 saturated heterocycles. The van der Waals surface area contributed by atoms with E-state index in [1.807, 2.05) is 4.90 Å². The summed E-state index contributed by atoms with van der Waals surface area (Å²) in [4.78, 5) is 13.4. The number of carbonyl (C=O) groups is 1. The lowest BCUT2D eigenvalue weighted by Crippen LogP contribution is -2.25. The summed E-state index contributed by atoms with van der Waals surface area (Å²) in [5.41, 5.74) is 3.63. The van der Waals surface area contributed by atoms with E-state index in [4.69, 9.17) is 0 Å². The molecule has 0 spiro atoms. The molecule has 3 nitrogen and oxygen atoms in total. The van der Waals surface area contributed by atoms with E-state index in [-0.39, 0.29) is 5.91 Å². The molecule has 0 aromatic heterocycles. The molecule has 3 heteroatoms. The Hall–Kier alpha value is -1.51. The summed E-state index contributed by atoms with van der Waals surface area (Å²) in [7, 11) is 0. The Balaban J connectivity index is 1.71. The topological polar surface area (TPSA) is 32.3 Å². The van der Waals surface area contributed by atoms with Crippen molar-refractivity contribution >= 4 is 17.3 Å². The number of benzene rings is 1. The lowest BCUT2D eigenvalue weighted by Gasteiger charge is -2.19. The molecule has 1 amide bonds. The number of nitrogens with one attached hydrogen (secondary N) is 1. The minimum atomic E-state index is 0.147. The molecule has 1 fully saturated rings. The van der Waals surface area contributed by atoms with Gasteiger partial charge in [0.1, 0.15) is 0 Å². The Morgan fingerprint density at radius 2 is 1.95 bits per heavy atom. The molecule has 1 aromatic rings. The average Bonchev–Trinajstić information content (AvgIpc) is 2.68. The molecule has 2 aliphatic rings. The van der Waals surface area contributed by atoms with Crippen LogP contribution in [-0.2, 0) is 11.2 Å². The normalized spacial score (nSPS) is 19.6. The number of nitrogens with zero attached hydrogens (tertiary/aromatic N) is 1. The maximum absolute atomic E-state index is 11.6. The Morgan fingerprint density at radius 3 is 2.65 bits per heavy atom. The highest BCUT2D eigenvalue weighted by atomic mass is 16.2. The van der Waals surface area contributed by atoms with E-state index >= 15 is 0 Å². The maximum Gasteiger partial charge on any atom is 0.223 e. The first-order chi connectivity index (χ1) is 9.74.